The fourth-order valence-corrected chi connectivity index (χ4v) is 3.38. The third kappa shape index (κ3) is 4.98. The molecule has 1 aliphatic rings. The predicted molar refractivity (Wildman–Crippen MR) is 91.9 cm³/mol. The van der Waals surface area contributed by atoms with Crippen LogP contribution in [0, 0.1) is 11.8 Å². The van der Waals surface area contributed by atoms with E-state index in [9.17, 15) is 0 Å². The number of nitrogens with one attached hydrogen (secondary N) is 1. The van der Waals surface area contributed by atoms with Crippen molar-refractivity contribution in [3.05, 3.63) is 34.9 Å². The number of hydrogen-bond acceptors (Lipinski definition) is 2. The lowest BCUT2D eigenvalue weighted by molar-refractivity contribution is 0.285. The molecule has 1 heterocycles. The smallest absolute Gasteiger partial charge is 0.0406 e. The lowest BCUT2D eigenvalue weighted by atomic mass is 9.95. The van der Waals surface area contributed by atoms with E-state index >= 15 is 0 Å². The van der Waals surface area contributed by atoms with Crippen LogP contribution in [0.1, 0.15) is 45.2 Å². The molecule has 2 rings (SSSR count). The van der Waals surface area contributed by atoms with Crippen molar-refractivity contribution in [3.63, 3.8) is 0 Å². The molecule has 2 nitrogen and oxygen atoms in total. The maximum atomic E-state index is 5.99. The van der Waals surface area contributed by atoms with Gasteiger partial charge in [0.2, 0.25) is 0 Å². The second kappa shape index (κ2) is 8.17. The van der Waals surface area contributed by atoms with Gasteiger partial charge < -0.3 is 10.2 Å². The Hall–Kier alpha value is -0.570. The first-order valence-electron chi connectivity index (χ1n) is 8.31. The summed E-state index contributed by atoms with van der Waals surface area (Å²) in [5.41, 5.74) is 1.35. The molecule has 0 radical (unpaired) electrons. The Balaban J connectivity index is 1.87. The van der Waals surface area contributed by atoms with Gasteiger partial charge in [-0.3, -0.25) is 0 Å². The van der Waals surface area contributed by atoms with Crippen molar-refractivity contribution >= 4 is 11.6 Å². The minimum Gasteiger partial charge on any atom is -0.310 e. The molecule has 0 aromatic heterocycles. The van der Waals surface area contributed by atoms with Gasteiger partial charge in [-0.15, -0.1) is 0 Å². The first kappa shape index (κ1) is 16.8. The van der Waals surface area contributed by atoms with E-state index in [2.05, 4.69) is 43.1 Å². The Morgan fingerprint density at radius 2 is 2.00 bits per heavy atom. The summed E-state index contributed by atoms with van der Waals surface area (Å²) in [5.74, 6) is 1.70. The SMILES string of the molecule is CCNC(CCN1CCC(C(C)C)C1)c1ccc(Cl)cc1. The minimum absolute atomic E-state index is 0.436. The maximum Gasteiger partial charge on any atom is 0.0406 e. The second-order valence-electron chi connectivity index (χ2n) is 6.54. The molecule has 0 spiro atoms. The van der Waals surface area contributed by atoms with Crippen LogP contribution in [0.2, 0.25) is 5.02 Å². The third-order valence-corrected chi connectivity index (χ3v) is 4.96. The van der Waals surface area contributed by atoms with Crippen molar-refractivity contribution in [2.75, 3.05) is 26.2 Å². The van der Waals surface area contributed by atoms with Crippen LogP contribution in [0.25, 0.3) is 0 Å². The summed E-state index contributed by atoms with van der Waals surface area (Å²) >= 11 is 5.99. The fourth-order valence-electron chi connectivity index (χ4n) is 3.25. The lowest BCUT2D eigenvalue weighted by Crippen LogP contribution is -2.28. The van der Waals surface area contributed by atoms with Crippen molar-refractivity contribution in [2.45, 2.75) is 39.7 Å². The van der Waals surface area contributed by atoms with E-state index in [1.165, 1.54) is 38.0 Å². The number of likely N-dealkylation sites (tertiary alicyclic amines) is 1. The maximum absolute atomic E-state index is 5.99. The van der Waals surface area contributed by atoms with Gasteiger partial charge in [0.25, 0.3) is 0 Å². The highest BCUT2D eigenvalue weighted by atomic mass is 35.5. The van der Waals surface area contributed by atoms with Crippen molar-refractivity contribution < 1.29 is 0 Å². The topological polar surface area (TPSA) is 15.3 Å². The molecule has 118 valence electrons. The molecule has 1 aliphatic heterocycles. The zero-order valence-corrected chi connectivity index (χ0v) is 14.4. The molecule has 3 heteroatoms. The normalized spacial score (nSPS) is 21.1. The number of hydrogen-bond donors (Lipinski definition) is 1. The first-order chi connectivity index (χ1) is 10.1. The molecule has 1 fully saturated rings. The summed E-state index contributed by atoms with van der Waals surface area (Å²) in [6.45, 7) is 11.6. The van der Waals surface area contributed by atoms with Crippen LogP contribution in [0.3, 0.4) is 0 Å². The zero-order valence-electron chi connectivity index (χ0n) is 13.6. The molecule has 0 aliphatic carbocycles. The van der Waals surface area contributed by atoms with E-state index in [0.29, 0.717) is 6.04 Å². The van der Waals surface area contributed by atoms with Crippen LogP contribution in [-0.2, 0) is 0 Å². The van der Waals surface area contributed by atoms with Crippen LogP contribution in [-0.4, -0.2) is 31.1 Å². The molecule has 1 N–H and O–H groups in total. The van der Waals surface area contributed by atoms with Crippen molar-refractivity contribution in [3.8, 4) is 0 Å². The van der Waals surface area contributed by atoms with Crippen LogP contribution >= 0.6 is 11.6 Å². The summed E-state index contributed by atoms with van der Waals surface area (Å²) in [6.07, 6.45) is 2.53. The average Bonchev–Trinajstić information content (AvgIpc) is 2.93. The molecular formula is C18H29ClN2. The fraction of sp³-hybridized carbons (Fsp3) is 0.667. The quantitative estimate of drug-likeness (QED) is 0.805. The van der Waals surface area contributed by atoms with E-state index < -0.39 is 0 Å². The predicted octanol–water partition coefficient (Wildman–Crippen LogP) is 4.36. The van der Waals surface area contributed by atoms with Gasteiger partial charge in [0.1, 0.15) is 0 Å². The second-order valence-corrected chi connectivity index (χ2v) is 6.98. The highest BCUT2D eigenvalue weighted by molar-refractivity contribution is 6.30. The van der Waals surface area contributed by atoms with Gasteiger partial charge in [-0.25, -0.2) is 0 Å². The van der Waals surface area contributed by atoms with Gasteiger partial charge in [-0.1, -0.05) is 44.5 Å². The number of halogens is 1. The Kier molecular flexibility index (Phi) is 6.53. The molecular weight excluding hydrogens is 280 g/mol. The van der Waals surface area contributed by atoms with Crippen molar-refractivity contribution in [1.82, 2.24) is 10.2 Å². The summed E-state index contributed by atoms with van der Waals surface area (Å²) in [6, 6.07) is 8.72. The molecule has 21 heavy (non-hydrogen) atoms. The van der Waals surface area contributed by atoms with E-state index in [0.717, 1.165) is 23.4 Å². The lowest BCUT2D eigenvalue weighted by Gasteiger charge is -2.23. The van der Waals surface area contributed by atoms with Crippen molar-refractivity contribution in [2.24, 2.45) is 11.8 Å². The zero-order chi connectivity index (χ0) is 15.2. The van der Waals surface area contributed by atoms with E-state index in [1.54, 1.807) is 0 Å². The molecule has 2 atom stereocenters. The summed E-state index contributed by atoms with van der Waals surface area (Å²) < 4.78 is 0. The summed E-state index contributed by atoms with van der Waals surface area (Å²) in [7, 11) is 0. The standard InChI is InChI=1S/C18H29ClN2/c1-4-20-18(15-5-7-17(19)8-6-15)10-12-21-11-9-16(13-21)14(2)3/h5-8,14,16,18,20H,4,9-13H2,1-3H3. The molecule has 1 aromatic rings. The molecule has 0 saturated carbocycles. The van der Waals surface area contributed by atoms with Crippen LogP contribution in [0.5, 0.6) is 0 Å². The highest BCUT2D eigenvalue weighted by Gasteiger charge is 2.25. The summed E-state index contributed by atoms with van der Waals surface area (Å²) in [4.78, 5) is 2.63. The molecule has 1 saturated heterocycles. The van der Waals surface area contributed by atoms with E-state index in [4.69, 9.17) is 11.6 Å². The average molecular weight is 309 g/mol. The molecule has 0 amide bonds. The van der Waals surface area contributed by atoms with Gasteiger partial charge in [-0.2, -0.15) is 0 Å². The van der Waals surface area contributed by atoms with Crippen LogP contribution in [0.15, 0.2) is 24.3 Å². The number of nitrogens with zero attached hydrogens (tertiary/aromatic N) is 1. The Labute approximate surface area is 134 Å². The van der Waals surface area contributed by atoms with Crippen LogP contribution in [0.4, 0.5) is 0 Å². The molecule has 2 unspecified atom stereocenters. The number of rotatable bonds is 7. The third-order valence-electron chi connectivity index (χ3n) is 4.71. The van der Waals surface area contributed by atoms with E-state index in [1.807, 2.05) is 12.1 Å². The number of benzene rings is 1. The largest absolute Gasteiger partial charge is 0.310 e. The Morgan fingerprint density at radius 3 is 2.57 bits per heavy atom. The Morgan fingerprint density at radius 1 is 1.29 bits per heavy atom. The Bertz CT molecular complexity index is 416. The van der Waals surface area contributed by atoms with Gasteiger partial charge in [0.15, 0.2) is 0 Å². The van der Waals surface area contributed by atoms with E-state index in [-0.39, 0.29) is 0 Å². The highest BCUT2D eigenvalue weighted by Crippen LogP contribution is 2.25. The monoisotopic (exact) mass is 308 g/mol. The molecule has 1 aromatic carbocycles. The van der Waals surface area contributed by atoms with Gasteiger partial charge in [0, 0.05) is 17.6 Å². The minimum atomic E-state index is 0.436. The van der Waals surface area contributed by atoms with Gasteiger partial charge >= 0.3 is 0 Å². The summed E-state index contributed by atoms with van der Waals surface area (Å²) in [5, 5.41) is 4.42. The van der Waals surface area contributed by atoms with Crippen LogP contribution < -0.4 is 5.32 Å². The molecule has 0 bridgehead atoms. The first-order valence-corrected chi connectivity index (χ1v) is 8.69. The van der Waals surface area contributed by atoms with Gasteiger partial charge in [-0.05, 0) is 62.0 Å². The van der Waals surface area contributed by atoms with Crippen molar-refractivity contribution in [1.29, 1.82) is 0 Å². The van der Waals surface area contributed by atoms with Gasteiger partial charge in [0.05, 0.1) is 0 Å².